The molecule has 2 rings (SSSR count). The van der Waals surface area contributed by atoms with Crippen molar-refractivity contribution in [3.05, 3.63) is 63.7 Å². The van der Waals surface area contributed by atoms with Crippen LogP contribution in [0.15, 0.2) is 42.5 Å². The topological polar surface area (TPSA) is 102 Å². The Balaban J connectivity index is 2.31. The molecule has 0 radical (unpaired) electrons. The van der Waals surface area contributed by atoms with Gasteiger partial charge in [0.1, 0.15) is 11.6 Å². The average molecular weight is 271 g/mol. The SMILES string of the molecule is Cc1ccc([N+](=O)[O-])c(Oc2ccc(C(=N)N)cc2)c1. The van der Waals surface area contributed by atoms with Gasteiger partial charge >= 0.3 is 5.69 Å². The fraction of sp³-hybridized carbons (Fsp3) is 0.0714. The molecule has 0 fully saturated rings. The molecule has 0 aliphatic carbocycles. The summed E-state index contributed by atoms with van der Waals surface area (Å²) in [7, 11) is 0. The fourth-order valence-electron chi connectivity index (χ4n) is 1.68. The van der Waals surface area contributed by atoms with Gasteiger partial charge in [-0.25, -0.2) is 0 Å². The highest BCUT2D eigenvalue weighted by Crippen LogP contribution is 2.32. The minimum atomic E-state index is -0.487. The van der Waals surface area contributed by atoms with Crippen LogP contribution in [0.25, 0.3) is 0 Å². The highest BCUT2D eigenvalue weighted by Gasteiger charge is 2.15. The van der Waals surface area contributed by atoms with Gasteiger partial charge in [-0.2, -0.15) is 0 Å². The van der Waals surface area contributed by atoms with Crippen molar-refractivity contribution in [1.29, 1.82) is 5.41 Å². The second-order valence-electron chi connectivity index (χ2n) is 4.27. The minimum absolute atomic E-state index is 0.0434. The monoisotopic (exact) mass is 271 g/mol. The Hall–Kier alpha value is -2.89. The smallest absolute Gasteiger partial charge is 0.311 e. The molecule has 2 aromatic carbocycles. The summed E-state index contributed by atoms with van der Waals surface area (Å²) in [6.07, 6.45) is 0. The van der Waals surface area contributed by atoms with Gasteiger partial charge in [0.2, 0.25) is 5.75 Å². The molecule has 102 valence electrons. The van der Waals surface area contributed by atoms with Gasteiger partial charge in [-0.1, -0.05) is 6.07 Å². The van der Waals surface area contributed by atoms with E-state index in [1.54, 1.807) is 36.4 Å². The second kappa shape index (κ2) is 5.40. The number of benzene rings is 2. The van der Waals surface area contributed by atoms with Crippen LogP contribution in [0.1, 0.15) is 11.1 Å². The summed E-state index contributed by atoms with van der Waals surface area (Å²) < 4.78 is 5.53. The predicted octanol–water partition coefficient (Wildman–Crippen LogP) is 2.98. The summed E-state index contributed by atoms with van der Waals surface area (Å²) in [6.45, 7) is 1.83. The highest BCUT2D eigenvalue weighted by molar-refractivity contribution is 5.94. The number of ether oxygens (including phenoxy) is 1. The van der Waals surface area contributed by atoms with Crippen molar-refractivity contribution in [3.8, 4) is 11.5 Å². The van der Waals surface area contributed by atoms with E-state index in [4.69, 9.17) is 15.9 Å². The van der Waals surface area contributed by atoms with E-state index in [-0.39, 0.29) is 17.3 Å². The lowest BCUT2D eigenvalue weighted by atomic mass is 10.2. The number of nitrogens with two attached hydrogens (primary N) is 1. The van der Waals surface area contributed by atoms with Crippen molar-refractivity contribution in [2.45, 2.75) is 6.92 Å². The first kappa shape index (κ1) is 13.5. The Bertz CT molecular complexity index is 666. The third-order valence-electron chi connectivity index (χ3n) is 2.71. The maximum atomic E-state index is 10.9. The van der Waals surface area contributed by atoms with Gasteiger partial charge in [-0.15, -0.1) is 0 Å². The molecule has 20 heavy (non-hydrogen) atoms. The van der Waals surface area contributed by atoms with Crippen molar-refractivity contribution < 1.29 is 9.66 Å². The molecule has 0 atom stereocenters. The summed E-state index contributed by atoms with van der Waals surface area (Å²) in [6, 6.07) is 11.2. The summed E-state index contributed by atoms with van der Waals surface area (Å²) in [5.74, 6) is 0.590. The van der Waals surface area contributed by atoms with Crippen molar-refractivity contribution in [1.82, 2.24) is 0 Å². The third-order valence-corrected chi connectivity index (χ3v) is 2.71. The van der Waals surface area contributed by atoms with Crippen LogP contribution >= 0.6 is 0 Å². The summed E-state index contributed by atoms with van der Waals surface area (Å²) in [5, 5.41) is 18.2. The van der Waals surface area contributed by atoms with E-state index in [9.17, 15) is 10.1 Å². The molecule has 0 amide bonds. The van der Waals surface area contributed by atoms with Crippen LogP contribution in [-0.2, 0) is 0 Å². The zero-order valence-electron chi connectivity index (χ0n) is 10.8. The first-order valence-electron chi connectivity index (χ1n) is 5.85. The number of hydrogen-bond acceptors (Lipinski definition) is 4. The van der Waals surface area contributed by atoms with Crippen molar-refractivity contribution in [2.75, 3.05) is 0 Å². The third kappa shape index (κ3) is 2.92. The number of amidine groups is 1. The van der Waals surface area contributed by atoms with E-state index in [1.807, 2.05) is 6.92 Å². The molecule has 0 saturated heterocycles. The Kier molecular flexibility index (Phi) is 3.65. The number of nitrogens with one attached hydrogen (secondary N) is 1. The molecule has 6 nitrogen and oxygen atoms in total. The molecule has 2 aromatic rings. The molecular formula is C14H13N3O3. The zero-order valence-corrected chi connectivity index (χ0v) is 10.8. The summed E-state index contributed by atoms with van der Waals surface area (Å²) >= 11 is 0. The lowest BCUT2D eigenvalue weighted by Gasteiger charge is -2.07. The van der Waals surface area contributed by atoms with E-state index >= 15 is 0 Å². The molecule has 0 bridgehead atoms. The van der Waals surface area contributed by atoms with Crippen LogP contribution in [-0.4, -0.2) is 10.8 Å². The molecule has 0 aliphatic rings. The van der Waals surface area contributed by atoms with Crippen LogP contribution in [0.2, 0.25) is 0 Å². The summed E-state index contributed by atoms with van der Waals surface area (Å²) in [5.41, 5.74) is 6.69. The highest BCUT2D eigenvalue weighted by atomic mass is 16.6. The lowest BCUT2D eigenvalue weighted by Crippen LogP contribution is -2.10. The Morgan fingerprint density at radius 2 is 1.90 bits per heavy atom. The van der Waals surface area contributed by atoms with Crippen LogP contribution in [0.5, 0.6) is 11.5 Å². The van der Waals surface area contributed by atoms with E-state index in [0.29, 0.717) is 11.3 Å². The molecule has 3 N–H and O–H groups in total. The molecule has 0 saturated carbocycles. The lowest BCUT2D eigenvalue weighted by molar-refractivity contribution is -0.385. The molecule has 0 unspecified atom stereocenters. The van der Waals surface area contributed by atoms with Crippen molar-refractivity contribution in [3.63, 3.8) is 0 Å². The first-order valence-corrected chi connectivity index (χ1v) is 5.85. The quantitative estimate of drug-likeness (QED) is 0.386. The molecular weight excluding hydrogens is 258 g/mol. The van der Waals surface area contributed by atoms with Gasteiger partial charge in [0.25, 0.3) is 0 Å². The van der Waals surface area contributed by atoms with Crippen LogP contribution < -0.4 is 10.5 Å². The Morgan fingerprint density at radius 3 is 2.45 bits per heavy atom. The van der Waals surface area contributed by atoms with E-state index in [2.05, 4.69) is 0 Å². The fourth-order valence-corrected chi connectivity index (χ4v) is 1.68. The maximum absolute atomic E-state index is 10.9. The summed E-state index contributed by atoms with van der Waals surface area (Å²) in [4.78, 5) is 10.5. The van der Waals surface area contributed by atoms with Crippen LogP contribution in [0.4, 0.5) is 5.69 Å². The number of nitro groups is 1. The predicted molar refractivity (Wildman–Crippen MR) is 75.4 cm³/mol. The van der Waals surface area contributed by atoms with Crippen molar-refractivity contribution in [2.24, 2.45) is 5.73 Å². The number of hydrogen-bond donors (Lipinski definition) is 2. The minimum Gasteiger partial charge on any atom is -0.450 e. The first-order chi connectivity index (χ1) is 9.47. The number of nitrogen functional groups attached to an aromatic ring is 1. The molecule has 0 heterocycles. The van der Waals surface area contributed by atoms with E-state index in [0.717, 1.165) is 5.56 Å². The van der Waals surface area contributed by atoms with Gasteiger partial charge in [0.15, 0.2) is 0 Å². The Labute approximate surface area is 115 Å². The normalized spacial score (nSPS) is 10.1. The molecule has 0 spiro atoms. The number of aryl methyl sites for hydroxylation is 1. The molecule has 6 heteroatoms. The molecule has 0 aliphatic heterocycles. The van der Waals surface area contributed by atoms with Gasteiger partial charge in [-0.05, 0) is 42.8 Å². The van der Waals surface area contributed by atoms with E-state index in [1.165, 1.54) is 6.07 Å². The van der Waals surface area contributed by atoms with Gasteiger partial charge in [-0.3, -0.25) is 15.5 Å². The van der Waals surface area contributed by atoms with Gasteiger partial charge < -0.3 is 10.5 Å². The zero-order chi connectivity index (χ0) is 14.7. The van der Waals surface area contributed by atoms with Crippen LogP contribution in [0.3, 0.4) is 0 Å². The second-order valence-corrected chi connectivity index (χ2v) is 4.27. The van der Waals surface area contributed by atoms with Crippen LogP contribution in [0, 0.1) is 22.4 Å². The standard InChI is InChI=1S/C14H13N3O3/c1-9-2-7-12(17(18)19)13(8-9)20-11-5-3-10(4-6-11)14(15)16/h2-8H,1H3,(H3,15,16). The van der Waals surface area contributed by atoms with Gasteiger partial charge in [0, 0.05) is 11.6 Å². The average Bonchev–Trinajstić information content (AvgIpc) is 2.39. The largest absolute Gasteiger partial charge is 0.450 e. The number of nitrogens with zero attached hydrogens (tertiary/aromatic N) is 1. The maximum Gasteiger partial charge on any atom is 0.311 e. The molecule has 0 aromatic heterocycles. The number of rotatable bonds is 4. The van der Waals surface area contributed by atoms with Gasteiger partial charge in [0.05, 0.1) is 4.92 Å². The number of nitro benzene ring substituents is 1. The van der Waals surface area contributed by atoms with Crippen molar-refractivity contribution >= 4 is 11.5 Å². The Morgan fingerprint density at radius 1 is 1.25 bits per heavy atom. The van der Waals surface area contributed by atoms with E-state index < -0.39 is 4.92 Å².